The van der Waals surface area contributed by atoms with Crippen LogP contribution in [-0.2, 0) is 33.8 Å². The van der Waals surface area contributed by atoms with Gasteiger partial charge in [-0.25, -0.2) is 10.6 Å². The lowest BCUT2D eigenvalue weighted by molar-refractivity contribution is -0.130. The van der Waals surface area contributed by atoms with Crippen molar-refractivity contribution < 1.29 is 19.1 Å². The van der Waals surface area contributed by atoms with Crippen LogP contribution in [0.5, 0.6) is 0 Å². The van der Waals surface area contributed by atoms with Crippen molar-refractivity contribution in [2.24, 2.45) is 5.84 Å². The van der Waals surface area contributed by atoms with Gasteiger partial charge in [-0.2, -0.15) is 0 Å². The predicted molar refractivity (Wildman–Crippen MR) is 143 cm³/mol. The number of amides is 3. The van der Waals surface area contributed by atoms with E-state index < -0.39 is 30.0 Å². The number of benzene rings is 3. The quantitative estimate of drug-likeness (QED) is 0.146. The first-order chi connectivity index (χ1) is 18.0. The Bertz CT molecular complexity index is 1340. The molecule has 2 atom stereocenters. The number of hydrogen-bond acceptors (Lipinski definition) is 6. The number of carbonyl (C=O) groups is 3. The minimum Gasteiger partial charge on any atom is -0.445 e. The summed E-state index contributed by atoms with van der Waals surface area (Å²) in [5.41, 5.74) is 3.81. The molecule has 0 aliphatic heterocycles. The normalized spacial score (nSPS) is 12.4. The lowest BCUT2D eigenvalue weighted by Crippen LogP contribution is -2.56. The largest absolute Gasteiger partial charge is 0.445 e. The van der Waals surface area contributed by atoms with E-state index >= 15 is 0 Å². The summed E-state index contributed by atoms with van der Waals surface area (Å²) in [5, 5.41) is 9.32. The molecule has 1 heterocycles. The maximum atomic E-state index is 13.5. The van der Waals surface area contributed by atoms with Crippen LogP contribution in [0.25, 0.3) is 10.8 Å². The van der Waals surface area contributed by atoms with Crippen molar-refractivity contribution in [1.82, 2.24) is 16.1 Å². The van der Waals surface area contributed by atoms with Crippen LogP contribution in [0.2, 0.25) is 0 Å². The number of alkyl carbamates (subject to hydrolysis) is 1. The minimum absolute atomic E-state index is 0.0614. The van der Waals surface area contributed by atoms with Crippen molar-refractivity contribution in [2.75, 3.05) is 0 Å². The number of hydrazine groups is 1. The van der Waals surface area contributed by atoms with Crippen LogP contribution < -0.4 is 21.9 Å². The van der Waals surface area contributed by atoms with Crippen molar-refractivity contribution in [3.05, 3.63) is 106 Å². The van der Waals surface area contributed by atoms with Gasteiger partial charge in [0, 0.05) is 17.7 Å². The number of carbonyl (C=O) groups excluding carboxylic acids is 3. The molecular weight excluding hydrogens is 488 g/mol. The van der Waals surface area contributed by atoms with Crippen molar-refractivity contribution in [3.63, 3.8) is 0 Å². The summed E-state index contributed by atoms with van der Waals surface area (Å²) < 4.78 is 5.37. The van der Waals surface area contributed by atoms with Gasteiger partial charge in [-0.15, -0.1) is 11.3 Å². The highest BCUT2D eigenvalue weighted by molar-refractivity contribution is 7.09. The van der Waals surface area contributed by atoms with E-state index in [1.807, 2.05) is 90.3 Å². The fourth-order valence-electron chi connectivity index (χ4n) is 4.02. The maximum Gasteiger partial charge on any atom is 0.408 e. The molecule has 0 bridgehead atoms. The fourth-order valence-corrected chi connectivity index (χ4v) is 4.77. The Balaban J connectivity index is 1.53. The lowest BCUT2D eigenvalue weighted by Gasteiger charge is -2.23. The van der Waals surface area contributed by atoms with Crippen molar-refractivity contribution in [2.45, 2.75) is 31.5 Å². The summed E-state index contributed by atoms with van der Waals surface area (Å²) >= 11 is 1.47. The molecule has 0 saturated heterocycles. The van der Waals surface area contributed by atoms with Crippen LogP contribution in [0.4, 0.5) is 4.79 Å². The molecule has 3 amide bonds. The molecule has 3 aromatic carbocycles. The number of ether oxygens (including phenoxy) is 1. The van der Waals surface area contributed by atoms with Gasteiger partial charge in [0.05, 0.1) is 0 Å². The Morgan fingerprint density at radius 3 is 2.27 bits per heavy atom. The summed E-state index contributed by atoms with van der Waals surface area (Å²) in [5.74, 6) is 4.33. The van der Waals surface area contributed by atoms with E-state index in [0.717, 1.165) is 26.8 Å². The second kappa shape index (κ2) is 12.7. The van der Waals surface area contributed by atoms with E-state index in [1.165, 1.54) is 11.3 Å². The first-order valence-corrected chi connectivity index (χ1v) is 12.7. The number of nitrogens with two attached hydrogens (primary N) is 1. The number of thiophene rings is 1. The molecular formula is C28H28N4O4S. The number of hydrogen-bond donors (Lipinski definition) is 4. The molecule has 0 aliphatic rings. The predicted octanol–water partition coefficient (Wildman–Crippen LogP) is 3.46. The Hall–Kier alpha value is -4.21. The monoisotopic (exact) mass is 516 g/mol. The van der Waals surface area contributed by atoms with E-state index in [9.17, 15) is 14.4 Å². The molecule has 8 nitrogen and oxygen atoms in total. The smallest absolute Gasteiger partial charge is 0.408 e. The molecule has 0 aliphatic carbocycles. The average molecular weight is 517 g/mol. The number of fused-ring (bicyclic) bond motifs is 1. The molecule has 5 N–H and O–H groups in total. The van der Waals surface area contributed by atoms with Crippen LogP contribution in [0.15, 0.2) is 90.3 Å². The SMILES string of the molecule is NNC(=O)[C@H](Cc1cccs1)NC(=O)[C@H](Cc1cccc2ccccc12)NC(=O)OCc1ccccc1. The van der Waals surface area contributed by atoms with Gasteiger partial charge >= 0.3 is 6.09 Å². The third-order valence-electron chi connectivity index (χ3n) is 5.89. The van der Waals surface area contributed by atoms with Gasteiger partial charge in [0.2, 0.25) is 5.91 Å². The van der Waals surface area contributed by atoms with Crippen LogP contribution >= 0.6 is 11.3 Å². The first kappa shape index (κ1) is 25.9. The van der Waals surface area contributed by atoms with Crippen LogP contribution in [-0.4, -0.2) is 30.0 Å². The highest BCUT2D eigenvalue weighted by Crippen LogP contribution is 2.20. The van der Waals surface area contributed by atoms with Crippen molar-refractivity contribution in [3.8, 4) is 0 Å². The van der Waals surface area contributed by atoms with Crippen molar-refractivity contribution in [1.29, 1.82) is 0 Å². The second-order valence-corrected chi connectivity index (χ2v) is 9.49. The Labute approximate surface area is 218 Å². The molecule has 0 spiro atoms. The van der Waals surface area contributed by atoms with E-state index in [0.29, 0.717) is 0 Å². The Morgan fingerprint density at radius 2 is 1.51 bits per heavy atom. The summed E-state index contributed by atoms with van der Waals surface area (Å²) in [6, 6.07) is 24.7. The minimum atomic E-state index is -0.995. The molecule has 190 valence electrons. The maximum absolute atomic E-state index is 13.5. The van der Waals surface area contributed by atoms with Gasteiger partial charge in [-0.3, -0.25) is 15.0 Å². The molecule has 4 aromatic rings. The van der Waals surface area contributed by atoms with Gasteiger partial charge in [-0.1, -0.05) is 78.9 Å². The number of rotatable bonds is 10. The first-order valence-electron chi connectivity index (χ1n) is 11.8. The highest BCUT2D eigenvalue weighted by Gasteiger charge is 2.28. The molecule has 37 heavy (non-hydrogen) atoms. The third-order valence-corrected chi connectivity index (χ3v) is 6.78. The van der Waals surface area contributed by atoms with E-state index in [-0.39, 0.29) is 19.4 Å². The summed E-state index contributed by atoms with van der Waals surface area (Å²) in [7, 11) is 0. The van der Waals surface area contributed by atoms with E-state index in [2.05, 4.69) is 16.1 Å². The topological polar surface area (TPSA) is 123 Å². The summed E-state index contributed by atoms with van der Waals surface area (Å²) in [4.78, 5) is 39.5. The third kappa shape index (κ3) is 7.16. The molecule has 0 saturated carbocycles. The van der Waals surface area contributed by atoms with E-state index in [4.69, 9.17) is 10.6 Å². The average Bonchev–Trinajstić information content (AvgIpc) is 3.44. The zero-order valence-corrected chi connectivity index (χ0v) is 20.9. The molecule has 4 rings (SSSR count). The highest BCUT2D eigenvalue weighted by atomic mass is 32.1. The van der Waals surface area contributed by atoms with Gasteiger partial charge in [-0.05, 0) is 33.3 Å². The molecule has 0 radical (unpaired) electrons. The second-order valence-electron chi connectivity index (χ2n) is 8.45. The standard InChI is InChI=1S/C28H28N4O4S/c29-32-27(34)25(17-22-13-7-15-37-22)30-26(33)24(31-28(35)36-18-19-8-2-1-3-9-19)16-21-12-6-11-20-10-4-5-14-23(20)21/h1-15,24-25H,16-18,29H2,(H,30,33)(H,31,35)(H,32,34)/t24-,25-/m0/s1. The van der Waals surface area contributed by atoms with E-state index in [1.54, 1.807) is 0 Å². The van der Waals surface area contributed by atoms with Gasteiger partial charge in [0.25, 0.3) is 5.91 Å². The molecule has 9 heteroatoms. The van der Waals surface area contributed by atoms with Crippen LogP contribution in [0.1, 0.15) is 16.0 Å². The zero-order chi connectivity index (χ0) is 26.0. The van der Waals surface area contributed by atoms with Gasteiger partial charge in [0.15, 0.2) is 0 Å². The summed E-state index contributed by atoms with van der Waals surface area (Å²) in [6.45, 7) is 0.0614. The Morgan fingerprint density at radius 1 is 0.784 bits per heavy atom. The Kier molecular flexibility index (Phi) is 8.85. The van der Waals surface area contributed by atoms with Crippen molar-refractivity contribution >= 4 is 40.0 Å². The molecule has 1 aromatic heterocycles. The number of nitrogens with one attached hydrogen (secondary N) is 3. The van der Waals surface area contributed by atoms with Gasteiger partial charge in [0.1, 0.15) is 18.7 Å². The molecule has 0 unspecified atom stereocenters. The van der Waals surface area contributed by atoms with Gasteiger partial charge < -0.3 is 15.4 Å². The van der Waals surface area contributed by atoms with Crippen LogP contribution in [0.3, 0.4) is 0 Å². The molecule has 0 fully saturated rings. The summed E-state index contributed by atoms with van der Waals surface area (Å²) in [6.07, 6.45) is -0.266. The lowest BCUT2D eigenvalue weighted by atomic mass is 9.98. The van der Waals surface area contributed by atoms with Crippen LogP contribution in [0, 0.1) is 0 Å². The zero-order valence-electron chi connectivity index (χ0n) is 20.1. The fraction of sp³-hybridized carbons (Fsp3) is 0.179.